The van der Waals surface area contributed by atoms with E-state index >= 15 is 0 Å². The number of hydrogen-bond donors (Lipinski definition) is 0. The summed E-state index contributed by atoms with van der Waals surface area (Å²) in [6.45, 7) is 6.45. The van der Waals surface area contributed by atoms with E-state index in [4.69, 9.17) is 14.2 Å². The average molecular weight is 865 g/mol. The van der Waals surface area contributed by atoms with Gasteiger partial charge in [-0.15, -0.1) is 0 Å². The number of hydrogen-bond acceptors (Lipinski definition) is 6. The van der Waals surface area contributed by atoms with Crippen LogP contribution in [0.4, 0.5) is 0 Å². The molecule has 0 aromatic heterocycles. The van der Waals surface area contributed by atoms with Crippen LogP contribution in [0.5, 0.6) is 0 Å². The van der Waals surface area contributed by atoms with E-state index in [2.05, 4.69) is 93.7 Å². The van der Waals surface area contributed by atoms with Crippen LogP contribution in [-0.2, 0) is 28.6 Å². The summed E-state index contributed by atoms with van der Waals surface area (Å²) in [5, 5.41) is 0. The monoisotopic (exact) mass is 865 g/mol. The second-order valence-electron chi connectivity index (χ2n) is 17.1. The Bertz CT molecular complexity index is 1180. The first-order valence-corrected chi connectivity index (χ1v) is 26.0. The molecule has 1 atom stereocenters. The Morgan fingerprint density at radius 2 is 0.645 bits per heavy atom. The SMILES string of the molecule is CC\C=C/C=C\C=C/CCCCCCCCCC(=O)OC(COC(=O)CCCCC/C=C\C=C/CCCCCCCCC)COC(=O)CCCCC/C=C\CCCCCCCC. The van der Waals surface area contributed by atoms with Crippen LogP contribution in [0.2, 0.25) is 0 Å². The van der Waals surface area contributed by atoms with Crippen molar-refractivity contribution in [2.45, 2.75) is 252 Å². The van der Waals surface area contributed by atoms with Crippen molar-refractivity contribution < 1.29 is 28.6 Å². The van der Waals surface area contributed by atoms with Crippen molar-refractivity contribution in [1.82, 2.24) is 0 Å². The number of ether oxygens (including phenoxy) is 3. The Hall–Kier alpha value is -3.15. The molecular formula is C56H96O6. The molecule has 0 spiro atoms. The minimum absolute atomic E-state index is 0.0970. The molecule has 6 heteroatoms. The molecule has 0 amide bonds. The van der Waals surface area contributed by atoms with Gasteiger partial charge in [-0.2, -0.15) is 0 Å². The maximum atomic E-state index is 12.8. The number of carbonyl (C=O) groups excluding carboxylic acids is 3. The normalized spacial score (nSPS) is 12.6. The van der Waals surface area contributed by atoms with Crippen LogP contribution < -0.4 is 0 Å². The van der Waals surface area contributed by atoms with Crippen molar-refractivity contribution in [1.29, 1.82) is 0 Å². The summed E-state index contributed by atoms with van der Waals surface area (Å²) in [7, 11) is 0. The molecule has 0 aromatic carbocycles. The molecule has 0 heterocycles. The third-order valence-corrected chi connectivity index (χ3v) is 11.0. The smallest absolute Gasteiger partial charge is 0.306 e. The standard InChI is InChI=1S/C56H96O6/c1-4-7-10-13-16-19-22-25-27-29-31-34-37-40-43-46-49-55(58)61-52-53(51-60-54(57)48-45-42-39-36-33-30-24-21-18-15-12-9-6-3)62-56(59)50-47-44-41-38-35-32-28-26-23-20-17-14-11-8-5-2/h8,11,14,17,20,23,27,29-31,33-34,53H,4-7,9-10,12-13,15-16,18-19,21-22,24-26,28,32,35-52H2,1-3H3/b11-8-,17-14-,23-20-,29-27-,33-30-,34-31-. The maximum Gasteiger partial charge on any atom is 0.306 e. The highest BCUT2D eigenvalue weighted by molar-refractivity contribution is 5.71. The van der Waals surface area contributed by atoms with E-state index in [9.17, 15) is 14.4 Å². The minimum Gasteiger partial charge on any atom is -0.462 e. The Labute approximate surface area is 382 Å². The van der Waals surface area contributed by atoms with E-state index < -0.39 is 6.10 Å². The first-order valence-electron chi connectivity index (χ1n) is 26.0. The highest BCUT2D eigenvalue weighted by atomic mass is 16.6. The minimum atomic E-state index is -0.798. The van der Waals surface area contributed by atoms with Crippen LogP contribution >= 0.6 is 0 Å². The molecule has 0 saturated carbocycles. The van der Waals surface area contributed by atoms with Crippen molar-refractivity contribution in [3.8, 4) is 0 Å². The van der Waals surface area contributed by atoms with Crippen molar-refractivity contribution in [3.63, 3.8) is 0 Å². The third kappa shape index (κ3) is 47.9. The zero-order valence-electron chi connectivity index (χ0n) is 40.6. The van der Waals surface area contributed by atoms with Crippen LogP contribution in [0.15, 0.2) is 72.9 Å². The Morgan fingerprint density at radius 1 is 0.339 bits per heavy atom. The van der Waals surface area contributed by atoms with Crippen LogP contribution in [0.1, 0.15) is 245 Å². The molecule has 1 unspecified atom stereocenters. The quantitative estimate of drug-likeness (QED) is 0.0199. The number of rotatable bonds is 46. The molecule has 0 aliphatic rings. The average Bonchev–Trinajstić information content (AvgIpc) is 3.27. The van der Waals surface area contributed by atoms with Gasteiger partial charge in [0, 0.05) is 19.3 Å². The van der Waals surface area contributed by atoms with Gasteiger partial charge < -0.3 is 14.2 Å². The van der Waals surface area contributed by atoms with Crippen LogP contribution in [0.3, 0.4) is 0 Å². The molecule has 0 bridgehead atoms. The van der Waals surface area contributed by atoms with E-state index in [-0.39, 0.29) is 31.1 Å². The van der Waals surface area contributed by atoms with Gasteiger partial charge in [-0.1, -0.05) is 209 Å². The second-order valence-corrected chi connectivity index (χ2v) is 17.1. The molecule has 62 heavy (non-hydrogen) atoms. The zero-order valence-corrected chi connectivity index (χ0v) is 40.6. The molecule has 356 valence electrons. The van der Waals surface area contributed by atoms with E-state index in [0.717, 1.165) is 96.3 Å². The Kier molecular flexibility index (Phi) is 47.9. The summed E-state index contributed by atoms with van der Waals surface area (Å²) in [5.41, 5.74) is 0. The van der Waals surface area contributed by atoms with Gasteiger partial charge in [-0.05, 0) is 89.9 Å². The predicted molar refractivity (Wildman–Crippen MR) is 265 cm³/mol. The first-order chi connectivity index (χ1) is 30.5. The van der Waals surface area contributed by atoms with Gasteiger partial charge in [0.2, 0.25) is 0 Å². The van der Waals surface area contributed by atoms with Gasteiger partial charge in [-0.25, -0.2) is 0 Å². The number of carbonyl (C=O) groups is 3. The van der Waals surface area contributed by atoms with E-state index in [1.807, 2.05) is 0 Å². The summed E-state index contributed by atoms with van der Waals surface area (Å²) in [6.07, 6.45) is 63.1. The van der Waals surface area contributed by atoms with E-state index in [0.29, 0.717) is 19.3 Å². The fourth-order valence-electron chi connectivity index (χ4n) is 7.07. The topological polar surface area (TPSA) is 78.9 Å². The maximum absolute atomic E-state index is 12.8. The van der Waals surface area contributed by atoms with Gasteiger partial charge in [0.05, 0.1) is 0 Å². The summed E-state index contributed by atoms with van der Waals surface area (Å²) >= 11 is 0. The van der Waals surface area contributed by atoms with Gasteiger partial charge in [0.15, 0.2) is 6.10 Å². The van der Waals surface area contributed by atoms with Gasteiger partial charge in [0.1, 0.15) is 13.2 Å². The largest absolute Gasteiger partial charge is 0.462 e. The summed E-state index contributed by atoms with van der Waals surface area (Å²) < 4.78 is 16.8. The number of allylic oxidation sites excluding steroid dienone is 12. The van der Waals surface area contributed by atoms with Crippen molar-refractivity contribution in [3.05, 3.63) is 72.9 Å². The van der Waals surface area contributed by atoms with Crippen molar-refractivity contribution in [2.24, 2.45) is 0 Å². The number of esters is 3. The third-order valence-electron chi connectivity index (χ3n) is 11.0. The lowest BCUT2D eigenvalue weighted by Gasteiger charge is -2.18. The first kappa shape index (κ1) is 58.9. The molecule has 6 nitrogen and oxygen atoms in total. The lowest BCUT2D eigenvalue weighted by Crippen LogP contribution is -2.30. The summed E-state index contributed by atoms with van der Waals surface area (Å²) in [4.78, 5) is 38.0. The number of unbranched alkanes of at least 4 members (excludes halogenated alkanes) is 26. The fraction of sp³-hybridized carbons (Fsp3) is 0.732. The summed E-state index contributed by atoms with van der Waals surface area (Å²) in [6, 6.07) is 0. The van der Waals surface area contributed by atoms with Crippen LogP contribution in [0, 0.1) is 0 Å². The van der Waals surface area contributed by atoms with Crippen LogP contribution in [-0.4, -0.2) is 37.2 Å². The molecular weight excluding hydrogens is 769 g/mol. The van der Waals surface area contributed by atoms with Gasteiger partial charge in [-0.3, -0.25) is 14.4 Å². The van der Waals surface area contributed by atoms with Gasteiger partial charge >= 0.3 is 17.9 Å². The van der Waals surface area contributed by atoms with Gasteiger partial charge in [0.25, 0.3) is 0 Å². The highest BCUT2D eigenvalue weighted by Gasteiger charge is 2.19. The molecule has 0 rings (SSSR count). The molecule has 0 fully saturated rings. The molecule has 0 radical (unpaired) electrons. The molecule has 0 aliphatic heterocycles. The Morgan fingerprint density at radius 3 is 1.05 bits per heavy atom. The second kappa shape index (κ2) is 50.5. The lowest BCUT2D eigenvalue weighted by atomic mass is 10.1. The molecule has 0 N–H and O–H groups in total. The predicted octanol–water partition coefficient (Wildman–Crippen LogP) is 17.0. The van der Waals surface area contributed by atoms with Crippen molar-refractivity contribution >= 4 is 17.9 Å². The fourth-order valence-corrected chi connectivity index (χ4v) is 7.07. The van der Waals surface area contributed by atoms with Crippen molar-refractivity contribution in [2.75, 3.05) is 13.2 Å². The lowest BCUT2D eigenvalue weighted by molar-refractivity contribution is -0.167. The molecule has 0 saturated heterocycles. The summed E-state index contributed by atoms with van der Waals surface area (Å²) in [5.74, 6) is -0.949. The van der Waals surface area contributed by atoms with E-state index in [1.54, 1.807) is 0 Å². The molecule has 0 aliphatic carbocycles. The Balaban J connectivity index is 4.46. The zero-order chi connectivity index (χ0) is 45.1. The molecule has 0 aromatic rings. The highest BCUT2D eigenvalue weighted by Crippen LogP contribution is 2.14. The van der Waals surface area contributed by atoms with Crippen LogP contribution in [0.25, 0.3) is 0 Å². The van der Waals surface area contributed by atoms with E-state index in [1.165, 1.54) is 109 Å².